The van der Waals surface area contributed by atoms with Crippen molar-refractivity contribution in [1.29, 1.82) is 0 Å². The molecule has 0 aliphatic heterocycles. The summed E-state index contributed by atoms with van der Waals surface area (Å²) in [7, 11) is 0. The van der Waals surface area contributed by atoms with Crippen LogP contribution in [0.25, 0.3) is 5.83 Å². The first-order chi connectivity index (χ1) is 10.9. The van der Waals surface area contributed by atoms with Crippen molar-refractivity contribution in [3.8, 4) is 0 Å². The zero-order chi connectivity index (χ0) is 17.4. The Morgan fingerprint density at radius 2 is 1.96 bits per heavy atom. The SMILES string of the molecule is C=C(/C=C(/F)c1cc(C)ccc1C)C(=O)NCCN(CC)CC. The van der Waals surface area contributed by atoms with E-state index in [0.717, 1.165) is 30.8 Å². The maximum atomic E-state index is 14.4. The number of halogens is 1. The minimum atomic E-state index is -0.435. The standard InChI is InChI=1S/C19H27FN2O/c1-6-22(7-2)11-10-21-19(23)16(5)13-18(20)17-12-14(3)8-9-15(17)4/h8-9,12-13H,5-7,10-11H2,1-4H3,(H,21,23)/b18-13+. The highest BCUT2D eigenvalue weighted by Crippen LogP contribution is 2.22. The topological polar surface area (TPSA) is 32.3 Å². The summed E-state index contributed by atoms with van der Waals surface area (Å²) in [6, 6.07) is 5.57. The molecule has 1 N–H and O–H groups in total. The molecule has 0 bridgehead atoms. The van der Waals surface area contributed by atoms with Gasteiger partial charge in [-0.15, -0.1) is 0 Å². The quantitative estimate of drug-likeness (QED) is 0.586. The molecule has 23 heavy (non-hydrogen) atoms. The molecule has 0 saturated carbocycles. The third kappa shape index (κ3) is 5.99. The molecule has 0 aliphatic carbocycles. The smallest absolute Gasteiger partial charge is 0.250 e. The van der Waals surface area contributed by atoms with Gasteiger partial charge in [-0.2, -0.15) is 0 Å². The van der Waals surface area contributed by atoms with Crippen molar-refractivity contribution in [3.63, 3.8) is 0 Å². The molecule has 0 fully saturated rings. The second-order valence-electron chi connectivity index (χ2n) is 5.62. The molecule has 0 unspecified atom stereocenters. The Morgan fingerprint density at radius 3 is 2.57 bits per heavy atom. The Morgan fingerprint density at radius 1 is 1.30 bits per heavy atom. The van der Waals surface area contributed by atoms with Gasteiger partial charge in [0.2, 0.25) is 0 Å². The molecule has 0 spiro atoms. The van der Waals surface area contributed by atoms with E-state index in [1.54, 1.807) is 6.07 Å². The van der Waals surface area contributed by atoms with Gasteiger partial charge in [0.1, 0.15) is 5.83 Å². The Kier molecular flexibility index (Phi) is 7.69. The predicted octanol–water partition coefficient (Wildman–Crippen LogP) is 3.63. The first-order valence-corrected chi connectivity index (χ1v) is 8.03. The molecule has 0 radical (unpaired) electrons. The summed E-state index contributed by atoms with van der Waals surface area (Å²) in [5, 5.41) is 2.77. The lowest BCUT2D eigenvalue weighted by molar-refractivity contribution is -0.117. The third-order valence-corrected chi connectivity index (χ3v) is 3.85. The monoisotopic (exact) mass is 318 g/mol. The number of carbonyl (C=O) groups excluding carboxylic acids is 1. The van der Waals surface area contributed by atoms with Gasteiger partial charge in [0.15, 0.2) is 0 Å². The normalized spacial score (nSPS) is 11.7. The van der Waals surface area contributed by atoms with Crippen molar-refractivity contribution in [2.24, 2.45) is 0 Å². The van der Waals surface area contributed by atoms with Crippen LogP contribution in [-0.4, -0.2) is 37.0 Å². The summed E-state index contributed by atoms with van der Waals surface area (Å²) in [6.45, 7) is 14.7. The van der Waals surface area contributed by atoms with Gasteiger partial charge in [0.25, 0.3) is 5.91 Å². The van der Waals surface area contributed by atoms with E-state index in [2.05, 4.69) is 30.6 Å². The average Bonchev–Trinajstić information content (AvgIpc) is 2.53. The minimum absolute atomic E-state index is 0.128. The van der Waals surface area contributed by atoms with Gasteiger partial charge in [-0.05, 0) is 44.6 Å². The Bertz CT molecular complexity index is 589. The van der Waals surface area contributed by atoms with Crippen LogP contribution in [-0.2, 0) is 4.79 Å². The summed E-state index contributed by atoms with van der Waals surface area (Å²) >= 11 is 0. The van der Waals surface area contributed by atoms with Crippen molar-refractivity contribution >= 4 is 11.7 Å². The molecule has 0 aromatic heterocycles. The number of nitrogens with one attached hydrogen (secondary N) is 1. The van der Waals surface area contributed by atoms with E-state index in [0.29, 0.717) is 12.1 Å². The highest BCUT2D eigenvalue weighted by atomic mass is 19.1. The molecular formula is C19H27FN2O. The summed E-state index contributed by atoms with van der Waals surface area (Å²) in [5.74, 6) is -0.771. The number of hydrogen-bond donors (Lipinski definition) is 1. The molecule has 0 saturated heterocycles. The van der Waals surface area contributed by atoms with E-state index >= 15 is 0 Å². The Hall–Kier alpha value is -1.94. The lowest BCUT2D eigenvalue weighted by Crippen LogP contribution is -2.35. The van der Waals surface area contributed by atoms with Crippen molar-refractivity contribution in [2.45, 2.75) is 27.7 Å². The minimum Gasteiger partial charge on any atom is -0.351 e. The number of likely N-dealkylation sites (N-methyl/N-ethyl adjacent to an activating group) is 1. The van der Waals surface area contributed by atoms with Gasteiger partial charge in [-0.25, -0.2) is 4.39 Å². The maximum Gasteiger partial charge on any atom is 0.250 e. The van der Waals surface area contributed by atoms with Gasteiger partial charge in [-0.3, -0.25) is 4.79 Å². The van der Waals surface area contributed by atoms with E-state index < -0.39 is 5.83 Å². The van der Waals surface area contributed by atoms with Gasteiger partial charge in [-0.1, -0.05) is 38.1 Å². The zero-order valence-electron chi connectivity index (χ0n) is 14.6. The van der Waals surface area contributed by atoms with Crippen LogP contribution in [0.3, 0.4) is 0 Å². The molecule has 126 valence electrons. The van der Waals surface area contributed by atoms with E-state index in [1.807, 2.05) is 26.0 Å². The van der Waals surface area contributed by atoms with Crippen molar-refractivity contribution < 1.29 is 9.18 Å². The highest BCUT2D eigenvalue weighted by Gasteiger charge is 2.10. The van der Waals surface area contributed by atoms with E-state index in [9.17, 15) is 9.18 Å². The first-order valence-electron chi connectivity index (χ1n) is 8.03. The second-order valence-corrected chi connectivity index (χ2v) is 5.62. The predicted molar refractivity (Wildman–Crippen MR) is 94.9 cm³/mol. The molecule has 3 nitrogen and oxygen atoms in total. The Labute approximate surface area is 138 Å². The molecule has 0 heterocycles. The van der Waals surface area contributed by atoms with Crippen LogP contribution in [0.4, 0.5) is 4.39 Å². The van der Waals surface area contributed by atoms with Crippen LogP contribution < -0.4 is 5.32 Å². The zero-order valence-corrected chi connectivity index (χ0v) is 14.6. The van der Waals surface area contributed by atoms with Crippen LogP contribution in [0.1, 0.15) is 30.5 Å². The Balaban J connectivity index is 2.66. The maximum absolute atomic E-state index is 14.4. The lowest BCUT2D eigenvalue weighted by Gasteiger charge is -2.17. The van der Waals surface area contributed by atoms with Crippen molar-refractivity contribution in [2.75, 3.05) is 26.2 Å². The molecular weight excluding hydrogens is 291 g/mol. The van der Waals surface area contributed by atoms with Gasteiger partial charge in [0, 0.05) is 24.2 Å². The number of benzene rings is 1. The number of nitrogens with zero attached hydrogens (tertiary/aromatic N) is 1. The van der Waals surface area contributed by atoms with E-state index in [4.69, 9.17) is 0 Å². The summed E-state index contributed by atoms with van der Waals surface area (Å²) in [5.41, 5.74) is 2.44. The fourth-order valence-corrected chi connectivity index (χ4v) is 2.27. The molecule has 0 aliphatic rings. The third-order valence-electron chi connectivity index (χ3n) is 3.85. The first kappa shape index (κ1) is 19.1. The van der Waals surface area contributed by atoms with Crippen LogP contribution in [0, 0.1) is 13.8 Å². The van der Waals surface area contributed by atoms with Gasteiger partial charge in [0.05, 0.1) is 0 Å². The highest BCUT2D eigenvalue weighted by molar-refractivity contribution is 5.97. The molecule has 1 aromatic carbocycles. The number of amides is 1. The number of rotatable bonds is 8. The van der Waals surface area contributed by atoms with Crippen LogP contribution in [0.2, 0.25) is 0 Å². The van der Waals surface area contributed by atoms with E-state index in [1.165, 1.54) is 6.08 Å². The summed E-state index contributed by atoms with van der Waals surface area (Å²) in [6.07, 6.45) is 1.20. The molecule has 1 amide bonds. The number of hydrogen-bond acceptors (Lipinski definition) is 2. The average molecular weight is 318 g/mol. The molecule has 4 heteroatoms. The van der Waals surface area contributed by atoms with Crippen LogP contribution in [0.15, 0.2) is 36.4 Å². The van der Waals surface area contributed by atoms with E-state index in [-0.39, 0.29) is 11.5 Å². The number of aryl methyl sites for hydroxylation is 2. The fraction of sp³-hybridized carbons (Fsp3) is 0.421. The molecule has 1 rings (SSSR count). The fourth-order valence-electron chi connectivity index (χ4n) is 2.27. The van der Waals surface area contributed by atoms with Crippen molar-refractivity contribution in [3.05, 3.63) is 53.1 Å². The summed E-state index contributed by atoms with van der Waals surface area (Å²) < 4.78 is 14.4. The van der Waals surface area contributed by atoms with Crippen molar-refractivity contribution in [1.82, 2.24) is 10.2 Å². The van der Waals surface area contributed by atoms with Gasteiger partial charge < -0.3 is 10.2 Å². The van der Waals surface area contributed by atoms with Gasteiger partial charge >= 0.3 is 0 Å². The summed E-state index contributed by atoms with van der Waals surface area (Å²) in [4.78, 5) is 14.2. The second kappa shape index (κ2) is 9.26. The number of carbonyl (C=O) groups is 1. The molecule has 1 aromatic rings. The lowest BCUT2D eigenvalue weighted by atomic mass is 10.0. The largest absolute Gasteiger partial charge is 0.351 e. The van der Waals surface area contributed by atoms with Crippen LogP contribution in [0.5, 0.6) is 0 Å². The van der Waals surface area contributed by atoms with Crippen LogP contribution >= 0.6 is 0 Å². The molecule has 0 atom stereocenters.